The summed E-state index contributed by atoms with van der Waals surface area (Å²) >= 11 is 0. The summed E-state index contributed by atoms with van der Waals surface area (Å²) < 4.78 is 10.6. The van der Waals surface area contributed by atoms with Gasteiger partial charge in [-0.1, -0.05) is 13.0 Å². The molecule has 1 aliphatic heterocycles. The highest BCUT2D eigenvalue weighted by molar-refractivity contribution is 14.0. The monoisotopic (exact) mass is 419 g/mol. The van der Waals surface area contributed by atoms with Gasteiger partial charge in [-0.15, -0.1) is 24.0 Å². The van der Waals surface area contributed by atoms with Gasteiger partial charge in [-0.2, -0.15) is 0 Å². The Kier molecular flexibility index (Phi) is 8.37. The smallest absolute Gasteiger partial charge is 0.191 e. The van der Waals surface area contributed by atoms with Crippen LogP contribution in [0.4, 0.5) is 0 Å². The van der Waals surface area contributed by atoms with Gasteiger partial charge in [-0.05, 0) is 36.5 Å². The Bertz CT molecular complexity index is 494. The molecule has 0 aromatic heterocycles. The SMILES string of the molecule is COc1ccc(CC(C)CNC2=NCCCN2)cc1OC.I. The first-order chi connectivity index (χ1) is 10.2. The van der Waals surface area contributed by atoms with Crippen molar-refractivity contribution in [3.8, 4) is 11.5 Å². The van der Waals surface area contributed by atoms with Gasteiger partial charge in [-0.25, -0.2) is 0 Å². The van der Waals surface area contributed by atoms with Crippen LogP contribution in [0.3, 0.4) is 0 Å². The van der Waals surface area contributed by atoms with Gasteiger partial charge in [0, 0.05) is 19.6 Å². The molecular formula is C16H26IN3O2. The molecule has 5 nitrogen and oxygen atoms in total. The maximum Gasteiger partial charge on any atom is 0.191 e. The van der Waals surface area contributed by atoms with Crippen LogP contribution in [0.2, 0.25) is 0 Å². The molecule has 22 heavy (non-hydrogen) atoms. The van der Waals surface area contributed by atoms with E-state index in [9.17, 15) is 0 Å². The quantitative estimate of drug-likeness (QED) is 0.696. The Morgan fingerprint density at radius 1 is 1.27 bits per heavy atom. The molecule has 0 saturated carbocycles. The highest BCUT2D eigenvalue weighted by Gasteiger charge is 2.10. The zero-order valence-electron chi connectivity index (χ0n) is 13.5. The van der Waals surface area contributed by atoms with Crippen molar-refractivity contribution in [1.29, 1.82) is 0 Å². The molecule has 124 valence electrons. The average Bonchev–Trinajstić information content (AvgIpc) is 2.53. The van der Waals surface area contributed by atoms with E-state index in [4.69, 9.17) is 9.47 Å². The van der Waals surface area contributed by atoms with E-state index < -0.39 is 0 Å². The summed E-state index contributed by atoms with van der Waals surface area (Å²) in [5.74, 6) is 3.00. The molecule has 1 atom stereocenters. The fraction of sp³-hybridized carbons (Fsp3) is 0.562. The Morgan fingerprint density at radius 3 is 2.68 bits per heavy atom. The number of rotatable bonds is 6. The van der Waals surface area contributed by atoms with Gasteiger partial charge in [0.2, 0.25) is 0 Å². The summed E-state index contributed by atoms with van der Waals surface area (Å²) in [4.78, 5) is 4.42. The molecule has 0 fully saturated rings. The molecule has 1 aliphatic rings. The Labute approximate surface area is 149 Å². The van der Waals surface area contributed by atoms with Crippen molar-refractivity contribution in [2.75, 3.05) is 33.9 Å². The number of benzene rings is 1. The Balaban J connectivity index is 0.00000242. The van der Waals surface area contributed by atoms with Crippen molar-refractivity contribution >= 4 is 29.9 Å². The van der Waals surface area contributed by atoms with Crippen molar-refractivity contribution in [3.05, 3.63) is 23.8 Å². The Hall–Kier alpha value is -1.18. The molecule has 0 spiro atoms. The van der Waals surface area contributed by atoms with E-state index in [2.05, 4.69) is 28.6 Å². The van der Waals surface area contributed by atoms with Crippen molar-refractivity contribution in [2.24, 2.45) is 10.9 Å². The van der Waals surface area contributed by atoms with Gasteiger partial charge in [0.15, 0.2) is 17.5 Å². The summed E-state index contributed by atoms with van der Waals surface area (Å²) in [6, 6.07) is 6.10. The van der Waals surface area contributed by atoms with E-state index in [1.54, 1.807) is 14.2 Å². The number of hydrogen-bond donors (Lipinski definition) is 2. The van der Waals surface area contributed by atoms with Gasteiger partial charge < -0.3 is 20.1 Å². The highest BCUT2D eigenvalue weighted by atomic mass is 127. The second kappa shape index (κ2) is 9.76. The lowest BCUT2D eigenvalue weighted by molar-refractivity contribution is 0.354. The van der Waals surface area contributed by atoms with Gasteiger partial charge >= 0.3 is 0 Å². The molecule has 2 rings (SSSR count). The maximum absolute atomic E-state index is 5.34. The minimum absolute atomic E-state index is 0. The van der Waals surface area contributed by atoms with Crippen molar-refractivity contribution in [2.45, 2.75) is 19.8 Å². The molecule has 0 amide bonds. The zero-order chi connectivity index (χ0) is 15.1. The standard InChI is InChI=1S/C16H25N3O2.HI/c1-12(11-19-16-17-7-4-8-18-16)9-13-5-6-14(20-2)15(10-13)21-3;/h5-6,10,12H,4,7-9,11H2,1-3H3,(H2,17,18,19);1H. The summed E-state index contributed by atoms with van der Waals surface area (Å²) in [5.41, 5.74) is 1.25. The minimum Gasteiger partial charge on any atom is -0.493 e. The minimum atomic E-state index is 0. The molecular weight excluding hydrogens is 393 g/mol. The number of nitrogens with zero attached hydrogens (tertiary/aromatic N) is 1. The van der Waals surface area contributed by atoms with E-state index in [1.165, 1.54) is 5.56 Å². The number of guanidine groups is 1. The highest BCUT2D eigenvalue weighted by Crippen LogP contribution is 2.28. The molecule has 0 aliphatic carbocycles. The van der Waals surface area contributed by atoms with Crippen LogP contribution in [0.25, 0.3) is 0 Å². The molecule has 1 aromatic rings. The van der Waals surface area contributed by atoms with Crippen molar-refractivity contribution < 1.29 is 9.47 Å². The fourth-order valence-electron chi connectivity index (χ4n) is 2.40. The van der Waals surface area contributed by atoms with Crippen LogP contribution >= 0.6 is 24.0 Å². The van der Waals surface area contributed by atoms with Gasteiger partial charge in [-0.3, -0.25) is 4.99 Å². The lowest BCUT2D eigenvalue weighted by Crippen LogP contribution is -2.42. The first-order valence-corrected chi connectivity index (χ1v) is 7.46. The van der Waals surface area contributed by atoms with Crippen molar-refractivity contribution in [3.63, 3.8) is 0 Å². The lowest BCUT2D eigenvalue weighted by Gasteiger charge is -2.19. The van der Waals surface area contributed by atoms with Crippen LogP contribution in [0.15, 0.2) is 23.2 Å². The van der Waals surface area contributed by atoms with E-state index in [-0.39, 0.29) is 24.0 Å². The summed E-state index contributed by atoms with van der Waals surface area (Å²) in [7, 11) is 3.32. The fourth-order valence-corrected chi connectivity index (χ4v) is 2.40. The first-order valence-electron chi connectivity index (χ1n) is 7.46. The van der Waals surface area contributed by atoms with E-state index in [1.807, 2.05) is 12.1 Å². The van der Waals surface area contributed by atoms with Crippen molar-refractivity contribution in [1.82, 2.24) is 10.6 Å². The van der Waals surface area contributed by atoms with E-state index in [0.717, 1.165) is 49.9 Å². The summed E-state index contributed by atoms with van der Waals surface area (Å²) in [6.45, 7) is 5.06. The number of methoxy groups -OCH3 is 2. The number of ether oxygens (including phenoxy) is 2. The average molecular weight is 419 g/mol. The van der Waals surface area contributed by atoms with Crippen LogP contribution in [0.5, 0.6) is 11.5 Å². The van der Waals surface area contributed by atoms with E-state index >= 15 is 0 Å². The molecule has 1 aromatic carbocycles. The maximum atomic E-state index is 5.34. The number of nitrogens with one attached hydrogen (secondary N) is 2. The van der Waals surface area contributed by atoms with Crippen LogP contribution in [-0.2, 0) is 6.42 Å². The first kappa shape index (κ1) is 18.9. The van der Waals surface area contributed by atoms with Crippen LogP contribution < -0.4 is 20.1 Å². The topological polar surface area (TPSA) is 54.9 Å². The third kappa shape index (κ3) is 5.55. The summed E-state index contributed by atoms with van der Waals surface area (Å²) in [6.07, 6.45) is 2.10. The molecule has 0 saturated heterocycles. The zero-order valence-corrected chi connectivity index (χ0v) is 15.8. The summed E-state index contributed by atoms with van der Waals surface area (Å²) in [5, 5.41) is 6.65. The third-order valence-electron chi connectivity index (χ3n) is 3.55. The predicted octanol–water partition coefficient (Wildman–Crippen LogP) is 2.44. The Morgan fingerprint density at radius 2 is 2.05 bits per heavy atom. The predicted molar refractivity (Wildman–Crippen MR) is 101 cm³/mol. The largest absolute Gasteiger partial charge is 0.493 e. The van der Waals surface area contributed by atoms with Crippen LogP contribution in [0, 0.1) is 5.92 Å². The molecule has 2 N–H and O–H groups in total. The molecule has 1 heterocycles. The van der Waals surface area contributed by atoms with Gasteiger partial charge in [0.05, 0.1) is 14.2 Å². The normalized spacial score (nSPS) is 15.0. The number of hydrogen-bond acceptors (Lipinski definition) is 5. The number of aliphatic imine (C=N–C) groups is 1. The second-order valence-corrected chi connectivity index (χ2v) is 5.39. The lowest BCUT2D eigenvalue weighted by atomic mass is 10.0. The molecule has 6 heteroatoms. The molecule has 1 unspecified atom stereocenters. The van der Waals surface area contributed by atoms with Gasteiger partial charge in [0.25, 0.3) is 0 Å². The molecule has 0 radical (unpaired) electrons. The second-order valence-electron chi connectivity index (χ2n) is 5.39. The third-order valence-corrected chi connectivity index (χ3v) is 3.55. The number of halogens is 1. The van der Waals surface area contributed by atoms with Crippen LogP contribution in [0.1, 0.15) is 18.9 Å². The van der Waals surface area contributed by atoms with Crippen LogP contribution in [-0.4, -0.2) is 39.8 Å². The van der Waals surface area contributed by atoms with Gasteiger partial charge in [0.1, 0.15) is 0 Å². The molecule has 0 bridgehead atoms. The van der Waals surface area contributed by atoms with E-state index in [0.29, 0.717) is 5.92 Å².